The highest BCUT2D eigenvalue weighted by Crippen LogP contribution is 2.06. The second kappa shape index (κ2) is 5.96. The van der Waals surface area contributed by atoms with Gasteiger partial charge in [-0.2, -0.15) is 0 Å². The molecule has 0 heterocycles. The van der Waals surface area contributed by atoms with Gasteiger partial charge >= 0.3 is 0 Å². The summed E-state index contributed by atoms with van der Waals surface area (Å²) in [5.74, 6) is 0. The lowest BCUT2D eigenvalue weighted by Gasteiger charge is -1.96. The normalized spacial score (nSPS) is 10.4. The Bertz CT molecular complexity index is 161. The van der Waals surface area contributed by atoms with E-state index in [-0.39, 0.29) is 0 Å². The van der Waals surface area contributed by atoms with Crippen LogP contribution in [0.1, 0.15) is 33.1 Å². The smallest absolute Gasteiger partial charge is 0.0288 e. The van der Waals surface area contributed by atoms with Gasteiger partial charge in [0.15, 0.2) is 0 Å². The standard InChI is InChI=1S/C11H18/c1-5-11(4)9-7-6-8-10(2)3/h6,8H,2,4-5,7,9H2,1,3H3. The molecule has 0 aromatic carbocycles. The molecule has 0 amide bonds. The quantitative estimate of drug-likeness (QED) is 0.412. The minimum Gasteiger partial charge on any atom is -0.0999 e. The van der Waals surface area contributed by atoms with Crippen molar-refractivity contribution in [1.82, 2.24) is 0 Å². The number of allylic oxidation sites excluding steroid dienone is 4. The van der Waals surface area contributed by atoms with Crippen molar-refractivity contribution in [1.29, 1.82) is 0 Å². The van der Waals surface area contributed by atoms with Crippen molar-refractivity contribution in [3.05, 3.63) is 36.5 Å². The molecule has 0 spiro atoms. The molecule has 0 atom stereocenters. The minimum atomic E-state index is 1.10. The van der Waals surface area contributed by atoms with Gasteiger partial charge < -0.3 is 0 Å². The lowest BCUT2D eigenvalue weighted by molar-refractivity contribution is 0.914. The Morgan fingerprint density at radius 2 is 2.00 bits per heavy atom. The molecule has 0 unspecified atom stereocenters. The lowest BCUT2D eigenvalue weighted by Crippen LogP contribution is -1.76. The Kier molecular flexibility index (Phi) is 5.54. The zero-order valence-corrected chi connectivity index (χ0v) is 7.69. The first-order valence-electron chi connectivity index (χ1n) is 4.15. The van der Waals surface area contributed by atoms with Gasteiger partial charge in [0.25, 0.3) is 0 Å². The van der Waals surface area contributed by atoms with Gasteiger partial charge in [-0.1, -0.05) is 43.4 Å². The fourth-order valence-corrected chi connectivity index (χ4v) is 0.749. The van der Waals surface area contributed by atoms with Gasteiger partial charge in [0.1, 0.15) is 0 Å². The largest absolute Gasteiger partial charge is 0.0999 e. The van der Waals surface area contributed by atoms with Crippen LogP contribution < -0.4 is 0 Å². The highest BCUT2D eigenvalue weighted by Gasteiger charge is 1.86. The molecule has 11 heavy (non-hydrogen) atoms. The van der Waals surface area contributed by atoms with Crippen LogP contribution in [0.5, 0.6) is 0 Å². The van der Waals surface area contributed by atoms with E-state index < -0.39 is 0 Å². The molecule has 0 saturated heterocycles. The predicted molar refractivity (Wildman–Crippen MR) is 52.6 cm³/mol. The Hall–Kier alpha value is -0.780. The summed E-state index contributed by atoms with van der Waals surface area (Å²) in [5.41, 5.74) is 2.45. The fourth-order valence-electron chi connectivity index (χ4n) is 0.749. The Labute approximate surface area is 70.3 Å². The van der Waals surface area contributed by atoms with E-state index in [0.717, 1.165) is 24.8 Å². The van der Waals surface area contributed by atoms with Crippen LogP contribution in [0.3, 0.4) is 0 Å². The van der Waals surface area contributed by atoms with E-state index in [9.17, 15) is 0 Å². The highest BCUT2D eigenvalue weighted by atomic mass is 13.9. The minimum absolute atomic E-state index is 1.10. The SMILES string of the molecule is C=C(C)C=CCCC(=C)CC. The molecular weight excluding hydrogens is 132 g/mol. The van der Waals surface area contributed by atoms with Gasteiger partial charge in [-0.15, -0.1) is 0 Å². The Morgan fingerprint density at radius 3 is 2.45 bits per heavy atom. The maximum atomic E-state index is 3.93. The molecule has 0 aromatic heterocycles. The van der Waals surface area contributed by atoms with E-state index >= 15 is 0 Å². The molecule has 0 fully saturated rings. The summed E-state index contributed by atoms with van der Waals surface area (Å²) in [7, 11) is 0. The average Bonchev–Trinajstić information content (AvgIpc) is 1.97. The summed E-state index contributed by atoms with van der Waals surface area (Å²) in [4.78, 5) is 0. The maximum Gasteiger partial charge on any atom is -0.0288 e. The molecule has 0 rings (SSSR count). The third-order valence-corrected chi connectivity index (χ3v) is 1.57. The molecule has 0 aromatic rings. The summed E-state index contributed by atoms with van der Waals surface area (Å²) < 4.78 is 0. The van der Waals surface area contributed by atoms with E-state index in [0.29, 0.717) is 0 Å². The van der Waals surface area contributed by atoms with Crippen molar-refractivity contribution in [3.8, 4) is 0 Å². The van der Waals surface area contributed by atoms with Crippen molar-refractivity contribution in [2.75, 3.05) is 0 Å². The first-order valence-corrected chi connectivity index (χ1v) is 4.15. The molecule has 0 N–H and O–H groups in total. The highest BCUT2D eigenvalue weighted by molar-refractivity contribution is 5.11. The Balaban J connectivity index is 3.41. The van der Waals surface area contributed by atoms with Crippen LogP contribution >= 0.6 is 0 Å². The molecule has 0 aliphatic rings. The van der Waals surface area contributed by atoms with Gasteiger partial charge in [0.05, 0.1) is 0 Å². The zero-order chi connectivity index (χ0) is 8.69. The number of hydrogen-bond donors (Lipinski definition) is 0. The van der Waals surface area contributed by atoms with Crippen LogP contribution in [-0.2, 0) is 0 Å². The van der Waals surface area contributed by atoms with Gasteiger partial charge in [-0.05, 0) is 26.2 Å². The maximum absolute atomic E-state index is 3.93. The van der Waals surface area contributed by atoms with Crippen LogP contribution in [0, 0.1) is 0 Å². The fraction of sp³-hybridized carbons (Fsp3) is 0.455. The van der Waals surface area contributed by atoms with Crippen LogP contribution in [0.2, 0.25) is 0 Å². The third kappa shape index (κ3) is 7.11. The average molecular weight is 150 g/mol. The van der Waals surface area contributed by atoms with Crippen LogP contribution in [0.25, 0.3) is 0 Å². The van der Waals surface area contributed by atoms with Crippen molar-refractivity contribution in [2.45, 2.75) is 33.1 Å². The predicted octanol–water partition coefficient (Wildman–Crippen LogP) is 3.87. The molecule has 0 saturated carbocycles. The van der Waals surface area contributed by atoms with Crippen LogP contribution in [0.4, 0.5) is 0 Å². The third-order valence-electron chi connectivity index (χ3n) is 1.57. The Morgan fingerprint density at radius 1 is 1.36 bits per heavy atom. The molecule has 0 nitrogen and oxygen atoms in total. The van der Waals surface area contributed by atoms with Crippen LogP contribution in [0.15, 0.2) is 36.5 Å². The van der Waals surface area contributed by atoms with Crippen LogP contribution in [-0.4, -0.2) is 0 Å². The van der Waals surface area contributed by atoms with E-state index in [1.165, 1.54) is 5.57 Å². The van der Waals surface area contributed by atoms with Gasteiger partial charge in [-0.3, -0.25) is 0 Å². The topological polar surface area (TPSA) is 0 Å². The summed E-state index contributed by atoms with van der Waals surface area (Å²) in [6.45, 7) is 11.9. The van der Waals surface area contributed by atoms with Crippen molar-refractivity contribution in [3.63, 3.8) is 0 Å². The monoisotopic (exact) mass is 150 g/mol. The number of hydrogen-bond acceptors (Lipinski definition) is 0. The van der Waals surface area contributed by atoms with Crippen molar-refractivity contribution >= 4 is 0 Å². The van der Waals surface area contributed by atoms with E-state index in [4.69, 9.17) is 0 Å². The molecule has 0 aliphatic heterocycles. The van der Waals surface area contributed by atoms with E-state index in [1.807, 2.05) is 6.92 Å². The molecule has 0 bridgehead atoms. The molecule has 0 radical (unpaired) electrons. The van der Waals surface area contributed by atoms with E-state index in [2.05, 4.69) is 32.2 Å². The van der Waals surface area contributed by atoms with Gasteiger partial charge in [0.2, 0.25) is 0 Å². The van der Waals surface area contributed by atoms with Gasteiger partial charge in [-0.25, -0.2) is 0 Å². The second-order valence-electron chi connectivity index (χ2n) is 2.89. The molecule has 0 aliphatic carbocycles. The summed E-state index contributed by atoms with van der Waals surface area (Å²) in [6, 6.07) is 0. The first-order chi connectivity index (χ1) is 5.16. The lowest BCUT2D eigenvalue weighted by atomic mass is 10.1. The molecule has 0 heteroatoms. The first kappa shape index (κ1) is 10.2. The summed E-state index contributed by atoms with van der Waals surface area (Å²) in [6.07, 6.45) is 7.52. The number of rotatable bonds is 5. The van der Waals surface area contributed by atoms with E-state index in [1.54, 1.807) is 0 Å². The van der Waals surface area contributed by atoms with Gasteiger partial charge in [0, 0.05) is 0 Å². The summed E-state index contributed by atoms with van der Waals surface area (Å²) >= 11 is 0. The second-order valence-corrected chi connectivity index (χ2v) is 2.89. The summed E-state index contributed by atoms with van der Waals surface area (Å²) in [5, 5.41) is 0. The molecule has 62 valence electrons. The van der Waals surface area contributed by atoms with Crippen molar-refractivity contribution < 1.29 is 0 Å². The zero-order valence-electron chi connectivity index (χ0n) is 7.69. The molecular formula is C11H18. The van der Waals surface area contributed by atoms with Crippen molar-refractivity contribution in [2.24, 2.45) is 0 Å².